The fourth-order valence-corrected chi connectivity index (χ4v) is 22.6. The van der Waals surface area contributed by atoms with Crippen LogP contribution in [0.15, 0.2) is 121 Å². The fraction of sp³-hybridized carbons (Fsp3) is 0.0769. The Morgan fingerprint density at radius 1 is 0.367 bits per heavy atom. The predicted octanol–water partition coefficient (Wildman–Crippen LogP) is 4.21. The summed E-state index contributed by atoms with van der Waals surface area (Å²) in [6.45, 7) is 0. The van der Waals surface area contributed by atoms with Crippen molar-refractivity contribution in [2.45, 2.75) is 7.23 Å². The summed E-state index contributed by atoms with van der Waals surface area (Å²) in [5, 5.41) is 0. The summed E-state index contributed by atoms with van der Waals surface area (Å²) in [5.74, 6) is 0. The molecule has 150 valence electrons. The Morgan fingerprint density at radius 3 is 0.767 bits per heavy atom. The second kappa shape index (κ2) is 11.0. The van der Waals surface area contributed by atoms with Crippen molar-refractivity contribution in [3.8, 4) is 0 Å². The van der Waals surface area contributed by atoms with Crippen molar-refractivity contribution in [1.82, 2.24) is 0 Å². The van der Waals surface area contributed by atoms with Gasteiger partial charge in [0.25, 0.3) is 0 Å². The minimum absolute atomic E-state index is 0.398. The fourth-order valence-electron chi connectivity index (χ4n) is 3.47. The van der Waals surface area contributed by atoms with Crippen LogP contribution < -0.4 is 17.4 Å². The number of hydrogen-bond donors (Lipinski definition) is 0. The Morgan fingerprint density at radius 2 is 0.567 bits per heavy atom. The van der Waals surface area contributed by atoms with Gasteiger partial charge in [0.1, 0.15) is 0 Å². The van der Waals surface area contributed by atoms with Crippen LogP contribution in [0.3, 0.4) is 0 Å². The van der Waals surface area contributed by atoms with E-state index in [-0.39, 0.29) is 0 Å². The first-order valence-electron chi connectivity index (χ1n) is 9.82. The van der Waals surface area contributed by atoms with Gasteiger partial charge in [-0.2, -0.15) is 0 Å². The summed E-state index contributed by atoms with van der Waals surface area (Å²) in [5.41, 5.74) is 0. The number of benzene rings is 4. The molecule has 0 aromatic heterocycles. The summed E-state index contributed by atoms with van der Waals surface area (Å²) in [6, 6.07) is 44.3. The quantitative estimate of drug-likeness (QED) is 0.209. The van der Waals surface area contributed by atoms with Gasteiger partial charge in [0, 0.05) is 0 Å². The molecule has 0 saturated heterocycles. The van der Waals surface area contributed by atoms with Gasteiger partial charge in [0.15, 0.2) is 0 Å². The van der Waals surface area contributed by atoms with Crippen LogP contribution in [0.25, 0.3) is 0 Å². The Balaban J connectivity index is 1.77. The van der Waals surface area contributed by atoms with Crippen molar-refractivity contribution < 1.29 is 0 Å². The van der Waals surface area contributed by atoms with E-state index in [0.717, 1.165) is 0 Å². The summed E-state index contributed by atoms with van der Waals surface area (Å²) < 4.78 is 6.73. The molecule has 4 rings (SSSR count). The van der Waals surface area contributed by atoms with Gasteiger partial charge in [0.2, 0.25) is 0 Å². The molecule has 0 nitrogen and oxygen atoms in total. The second-order valence-electron chi connectivity index (χ2n) is 6.83. The summed E-state index contributed by atoms with van der Waals surface area (Å²) in [6.07, 6.45) is 0. The molecular weight excluding hydrogens is 622 g/mol. The van der Waals surface area contributed by atoms with Crippen LogP contribution in [0.2, 0.25) is 0 Å². The predicted molar refractivity (Wildman–Crippen MR) is 141 cm³/mol. The standard InChI is InChI=1S/C26H22As2Br2/c29-25(27(21-13-5-1-6-14-21)22-15-7-2-8-16-22)26(30)28(23-17-9-3-10-18-23)24-19-11-4-12-20-24/h1-20,25-26H. The van der Waals surface area contributed by atoms with Crippen LogP contribution in [0, 0.1) is 0 Å². The molecule has 0 amide bonds. The zero-order valence-electron chi connectivity index (χ0n) is 16.4. The average molecular weight is 644 g/mol. The molecular formula is C26H22As2Br2. The molecule has 0 aliphatic heterocycles. The maximum atomic E-state index is 4.23. The van der Waals surface area contributed by atoms with Gasteiger partial charge >= 0.3 is 207 Å². The van der Waals surface area contributed by atoms with E-state index in [4.69, 9.17) is 0 Å². The topological polar surface area (TPSA) is 0 Å². The third-order valence-corrected chi connectivity index (χ3v) is 24.3. The molecule has 4 aromatic carbocycles. The molecule has 0 radical (unpaired) electrons. The van der Waals surface area contributed by atoms with Gasteiger partial charge in [0.05, 0.1) is 0 Å². The van der Waals surface area contributed by atoms with Crippen molar-refractivity contribution >= 4 is 78.6 Å². The van der Waals surface area contributed by atoms with E-state index < -0.39 is 29.3 Å². The molecule has 0 bridgehead atoms. The van der Waals surface area contributed by atoms with Crippen LogP contribution in [0.4, 0.5) is 0 Å². The van der Waals surface area contributed by atoms with Crippen molar-refractivity contribution in [1.29, 1.82) is 0 Å². The molecule has 30 heavy (non-hydrogen) atoms. The van der Waals surface area contributed by atoms with Gasteiger partial charge in [-0.05, 0) is 0 Å². The third-order valence-electron chi connectivity index (χ3n) is 4.86. The Bertz CT molecular complexity index is 862. The van der Waals surface area contributed by atoms with Crippen LogP contribution in [-0.4, -0.2) is 36.5 Å². The van der Waals surface area contributed by atoms with E-state index in [1.807, 2.05) is 0 Å². The SMILES string of the molecule is BrC(C(Br)[As](c1ccccc1)c1ccccc1)[As](c1ccccc1)c1ccccc1. The van der Waals surface area contributed by atoms with Crippen molar-refractivity contribution in [3.05, 3.63) is 121 Å². The second-order valence-corrected chi connectivity index (χ2v) is 21.6. The average Bonchev–Trinajstić information content (AvgIpc) is 2.82. The molecule has 4 aromatic rings. The van der Waals surface area contributed by atoms with E-state index in [1.54, 1.807) is 0 Å². The van der Waals surface area contributed by atoms with Crippen molar-refractivity contribution in [2.75, 3.05) is 0 Å². The first-order valence-corrected chi connectivity index (χ1v) is 17.6. The van der Waals surface area contributed by atoms with Gasteiger partial charge in [-0.15, -0.1) is 0 Å². The molecule has 2 atom stereocenters. The summed E-state index contributed by atoms with van der Waals surface area (Å²) in [4.78, 5) is 0. The molecule has 4 heteroatoms. The van der Waals surface area contributed by atoms with Crippen molar-refractivity contribution in [2.24, 2.45) is 0 Å². The van der Waals surface area contributed by atoms with E-state index in [2.05, 4.69) is 153 Å². The molecule has 0 fully saturated rings. The van der Waals surface area contributed by atoms with E-state index in [9.17, 15) is 0 Å². The molecule has 0 spiro atoms. The molecule has 0 saturated carbocycles. The van der Waals surface area contributed by atoms with Gasteiger partial charge < -0.3 is 0 Å². The van der Waals surface area contributed by atoms with E-state index >= 15 is 0 Å². The van der Waals surface area contributed by atoms with Gasteiger partial charge in [-0.3, -0.25) is 0 Å². The molecule has 2 unspecified atom stereocenters. The maximum absolute atomic E-state index is 4.23. The first-order chi connectivity index (χ1) is 14.8. The number of alkyl halides is 2. The van der Waals surface area contributed by atoms with Crippen LogP contribution in [0.1, 0.15) is 0 Å². The van der Waals surface area contributed by atoms with Crippen molar-refractivity contribution in [3.63, 3.8) is 0 Å². The van der Waals surface area contributed by atoms with Gasteiger partial charge in [-0.1, -0.05) is 0 Å². The molecule has 0 aliphatic carbocycles. The Kier molecular flexibility index (Phi) is 8.13. The number of hydrogen-bond acceptors (Lipinski definition) is 0. The van der Waals surface area contributed by atoms with E-state index in [0.29, 0.717) is 7.23 Å². The van der Waals surface area contributed by atoms with Gasteiger partial charge in [-0.25, -0.2) is 0 Å². The molecule has 0 heterocycles. The Hall–Kier alpha value is -1.04. The van der Waals surface area contributed by atoms with Crippen LogP contribution >= 0.6 is 31.9 Å². The monoisotopic (exact) mass is 642 g/mol. The third kappa shape index (κ3) is 5.23. The zero-order valence-corrected chi connectivity index (χ0v) is 23.3. The normalized spacial score (nSPS) is 13.3. The summed E-state index contributed by atoms with van der Waals surface area (Å²) in [7, 11) is 0. The van der Waals surface area contributed by atoms with Crippen LogP contribution in [-0.2, 0) is 0 Å². The zero-order chi connectivity index (χ0) is 20.8. The number of halogens is 2. The van der Waals surface area contributed by atoms with E-state index in [1.165, 1.54) is 17.4 Å². The molecule has 0 aliphatic rings. The number of rotatable bonds is 7. The molecule has 0 N–H and O–H groups in total. The minimum atomic E-state index is -1.59. The first kappa shape index (κ1) is 22.2. The summed E-state index contributed by atoms with van der Waals surface area (Å²) >= 11 is 5.29. The van der Waals surface area contributed by atoms with Crippen LogP contribution in [0.5, 0.6) is 0 Å². The Labute approximate surface area is 205 Å².